The Morgan fingerprint density at radius 2 is 1.61 bits per heavy atom. The Morgan fingerprint density at radius 1 is 0.935 bits per heavy atom. The minimum Gasteiger partial charge on any atom is -0.493 e. The lowest BCUT2D eigenvalue weighted by molar-refractivity contribution is -0.127. The molecule has 1 aliphatic heterocycles. The number of amides is 1. The van der Waals surface area contributed by atoms with Gasteiger partial charge in [-0.25, -0.2) is 8.42 Å². The van der Waals surface area contributed by atoms with Crippen LogP contribution in [0.2, 0.25) is 10.0 Å². The van der Waals surface area contributed by atoms with E-state index in [1.807, 2.05) is 6.07 Å². The second-order valence-corrected chi connectivity index (χ2v) is 9.51. The number of methoxy groups -OCH3 is 2. The molecule has 0 bridgehead atoms. The lowest BCUT2D eigenvalue weighted by atomic mass is 10.2. The van der Waals surface area contributed by atoms with Crippen molar-refractivity contribution in [2.45, 2.75) is 4.90 Å². The smallest absolute Gasteiger partial charge is 0.246 e. The van der Waals surface area contributed by atoms with Crippen LogP contribution in [-0.2, 0) is 14.8 Å². The van der Waals surface area contributed by atoms with Gasteiger partial charge in [0, 0.05) is 32.3 Å². The number of sulfonamides is 1. The van der Waals surface area contributed by atoms with Crippen LogP contribution >= 0.6 is 23.2 Å². The van der Waals surface area contributed by atoms with E-state index in [0.717, 1.165) is 5.56 Å². The van der Waals surface area contributed by atoms with E-state index in [1.165, 1.54) is 28.6 Å². The Bertz CT molecular complexity index is 1100. The zero-order valence-corrected chi connectivity index (χ0v) is 19.4. The van der Waals surface area contributed by atoms with E-state index in [2.05, 4.69) is 0 Å². The van der Waals surface area contributed by atoms with Gasteiger partial charge in [-0.1, -0.05) is 29.3 Å². The highest BCUT2D eigenvalue weighted by molar-refractivity contribution is 7.89. The number of carbonyl (C=O) groups is 1. The van der Waals surface area contributed by atoms with Crippen molar-refractivity contribution in [1.29, 1.82) is 0 Å². The maximum Gasteiger partial charge on any atom is 0.246 e. The van der Waals surface area contributed by atoms with Crippen LogP contribution in [0.4, 0.5) is 0 Å². The van der Waals surface area contributed by atoms with Crippen molar-refractivity contribution in [3.63, 3.8) is 0 Å². The van der Waals surface area contributed by atoms with Gasteiger partial charge in [0.15, 0.2) is 11.5 Å². The number of halogens is 2. The molecule has 7 nitrogen and oxygen atoms in total. The number of ether oxygens (including phenoxy) is 2. The first kappa shape index (κ1) is 23.4. The minimum absolute atomic E-state index is 0.0787. The summed E-state index contributed by atoms with van der Waals surface area (Å²) in [7, 11) is -0.614. The van der Waals surface area contributed by atoms with E-state index >= 15 is 0 Å². The molecule has 1 fully saturated rings. The molecule has 1 saturated heterocycles. The minimum atomic E-state index is -3.71. The molecule has 0 spiro atoms. The summed E-state index contributed by atoms with van der Waals surface area (Å²) in [4.78, 5) is 14.2. The zero-order chi connectivity index (χ0) is 22.6. The summed E-state index contributed by atoms with van der Waals surface area (Å²) >= 11 is 11.8. The zero-order valence-electron chi connectivity index (χ0n) is 17.0. The molecule has 0 aliphatic carbocycles. The fourth-order valence-corrected chi connectivity index (χ4v) is 4.98. The number of rotatable bonds is 6. The van der Waals surface area contributed by atoms with Crippen molar-refractivity contribution in [2.75, 3.05) is 40.4 Å². The van der Waals surface area contributed by atoms with Crippen molar-refractivity contribution in [3.8, 4) is 11.5 Å². The number of piperazine rings is 1. The molecule has 0 atom stereocenters. The Labute approximate surface area is 191 Å². The second-order valence-electron chi connectivity index (χ2n) is 6.75. The van der Waals surface area contributed by atoms with E-state index in [-0.39, 0.29) is 47.0 Å². The van der Waals surface area contributed by atoms with E-state index in [1.54, 1.807) is 37.3 Å². The van der Waals surface area contributed by atoms with Crippen LogP contribution in [0.3, 0.4) is 0 Å². The maximum absolute atomic E-state index is 12.8. The molecule has 166 valence electrons. The third-order valence-corrected chi connectivity index (χ3v) is 7.54. The first-order valence-electron chi connectivity index (χ1n) is 9.40. The third kappa shape index (κ3) is 5.33. The van der Waals surface area contributed by atoms with Crippen LogP contribution in [0.25, 0.3) is 6.08 Å². The van der Waals surface area contributed by atoms with E-state index in [4.69, 9.17) is 32.7 Å². The summed E-state index contributed by atoms with van der Waals surface area (Å²) in [6.07, 6.45) is 3.15. The lowest BCUT2D eigenvalue weighted by Gasteiger charge is -2.33. The molecule has 2 aromatic rings. The predicted molar refractivity (Wildman–Crippen MR) is 120 cm³/mol. The van der Waals surface area contributed by atoms with Gasteiger partial charge in [0.2, 0.25) is 15.9 Å². The normalized spacial score (nSPS) is 15.3. The SMILES string of the molecule is COc1ccc(/C=C/C(=O)N2CCN(S(=O)(=O)c3ccc(Cl)c(Cl)c3)CC2)cc1OC. The molecule has 10 heteroatoms. The predicted octanol–water partition coefficient (Wildman–Crippen LogP) is 3.56. The second kappa shape index (κ2) is 9.91. The van der Waals surface area contributed by atoms with Crippen LogP contribution in [-0.4, -0.2) is 63.9 Å². The highest BCUT2D eigenvalue weighted by Gasteiger charge is 2.30. The molecular weight excluding hydrogens is 463 g/mol. The summed E-state index contributed by atoms with van der Waals surface area (Å²) in [5.41, 5.74) is 0.784. The van der Waals surface area contributed by atoms with E-state index < -0.39 is 10.0 Å². The molecule has 0 aromatic heterocycles. The number of hydrogen-bond donors (Lipinski definition) is 0. The van der Waals surface area contributed by atoms with Crippen molar-refractivity contribution < 1.29 is 22.7 Å². The molecule has 1 heterocycles. The molecule has 0 N–H and O–H groups in total. The van der Waals surface area contributed by atoms with Crippen LogP contribution in [0.1, 0.15) is 5.56 Å². The molecule has 1 amide bonds. The number of benzene rings is 2. The fourth-order valence-electron chi connectivity index (χ4n) is 3.16. The number of hydrogen-bond acceptors (Lipinski definition) is 5. The highest BCUT2D eigenvalue weighted by Crippen LogP contribution is 2.28. The maximum atomic E-state index is 12.8. The van der Waals surface area contributed by atoms with Gasteiger partial charge < -0.3 is 14.4 Å². The summed E-state index contributed by atoms with van der Waals surface area (Å²) in [6.45, 7) is 0.961. The molecule has 1 aliphatic rings. The summed E-state index contributed by atoms with van der Waals surface area (Å²) in [5.74, 6) is 0.977. The lowest BCUT2D eigenvalue weighted by Crippen LogP contribution is -2.50. The Balaban J connectivity index is 1.63. The van der Waals surface area contributed by atoms with Crippen LogP contribution in [0, 0.1) is 0 Å². The topological polar surface area (TPSA) is 76.2 Å². The molecule has 0 unspecified atom stereocenters. The fraction of sp³-hybridized carbons (Fsp3) is 0.286. The Morgan fingerprint density at radius 3 is 2.23 bits per heavy atom. The van der Waals surface area contributed by atoms with Gasteiger partial charge in [0.1, 0.15) is 0 Å². The van der Waals surface area contributed by atoms with Crippen molar-refractivity contribution in [1.82, 2.24) is 9.21 Å². The van der Waals surface area contributed by atoms with E-state index in [9.17, 15) is 13.2 Å². The average molecular weight is 485 g/mol. The largest absolute Gasteiger partial charge is 0.493 e. The van der Waals surface area contributed by atoms with E-state index in [0.29, 0.717) is 11.5 Å². The van der Waals surface area contributed by atoms with Gasteiger partial charge in [-0.05, 0) is 42.0 Å². The van der Waals surface area contributed by atoms with Gasteiger partial charge in [0.05, 0.1) is 29.2 Å². The van der Waals surface area contributed by atoms with Crippen molar-refractivity contribution >= 4 is 45.2 Å². The number of nitrogens with zero attached hydrogens (tertiary/aromatic N) is 2. The first-order chi connectivity index (χ1) is 14.8. The Hall–Kier alpha value is -2.26. The average Bonchev–Trinajstić information content (AvgIpc) is 2.79. The molecule has 0 saturated carbocycles. The molecule has 0 radical (unpaired) electrons. The Kier molecular flexibility index (Phi) is 7.48. The van der Waals surface area contributed by atoms with Crippen LogP contribution in [0.5, 0.6) is 11.5 Å². The van der Waals surface area contributed by atoms with Gasteiger partial charge in [0.25, 0.3) is 0 Å². The number of carbonyl (C=O) groups excluding carboxylic acids is 1. The molecule has 3 rings (SSSR count). The van der Waals surface area contributed by atoms with Crippen LogP contribution < -0.4 is 9.47 Å². The van der Waals surface area contributed by atoms with Crippen LogP contribution in [0.15, 0.2) is 47.4 Å². The van der Waals surface area contributed by atoms with Crippen molar-refractivity contribution in [3.05, 3.63) is 58.1 Å². The van der Waals surface area contributed by atoms with Crippen molar-refractivity contribution in [2.24, 2.45) is 0 Å². The monoisotopic (exact) mass is 484 g/mol. The highest BCUT2D eigenvalue weighted by atomic mass is 35.5. The third-order valence-electron chi connectivity index (χ3n) is 4.91. The van der Waals surface area contributed by atoms with Gasteiger partial charge >= 0.3 is 0 Å². The van der Waals surface area contributed by atoms with Gasteiger partial charge in [-0.2, -0.15) is 4.31 Å². The standard InChI is InChI=1S/C21H22Cl2N2O5S/c1-29-19-7-3-15(13-20(19)30-2)4-8-21(26)24-9-11-25(12-10-24)31(27,28)16-5-6-17(22)18(23)14-16/h3-8,13-14H,9-12H2,1-2H3/b8-4+. The summed E-state index contributed by atoms with van der Waals surface area (Å²) in [6, 6.07) is 9.55. The summed E-state index contributed by atoms with van der Waals surface area (Å²) in [5, 5.41) is 0.467. The molecule has 31 heavy (non-hydrogen) atoms. The first-order valence-corrected chi connectivity index (χ1v) is 11.6. The summed E-state index contributed by atoms with van der Waals surface area (Å²) < 4.78 is 37.5. The van der Waals surface area contributed by atoms with Gasteiger partial charge in [-0.15, -0.1) is 0 Å². The molecular formula is C21H22Cl2N2O5S. The van der Waals surface area contributed by atoms with Gasteiger partial charge in [-0.3, -0.25) is 4.79 Å². The molecule has 2 aromatic carbocycles. The quantitative estimate of drug-likeness (QED) is 0.585.